The van der Waals surface area contributed by atoms with Crippen molar-refractivity contribution in [1.29, 1.82) is 0 Å². The second kappa shape index (κ2) is 5.03. The van der Waals surface area contributed by atoms with Gasteiger partial charge in [0.2, 0.25) is 0 Å². The fourth-order valence-electron chi connectivity index (χ4n) is 1.83. The van der Waals surface area contributed by atoms with Crippen molar-refractivity contribution in [1.82, 2.24) is 5.32 Å². The Morgan fingerprint density at radius 2 is 1.84 bits per heavy atom. The number of hydrogen-bond acceptors (Lipinski definition) is 4. The number of carbonyl (C=O) groups is 2. The fourth-order valence-corrected chi connectivity index (χ4v) is 3.42. The third-order valence-electron chi connectivity index (χ3n) is 2.68. The van der Waals surface area contributed by atoms with E-state index in [4.69, 9.17) is 0 Å². The van der Waals surface area contributed by atoms with Gasteiger partial charge < -0.3 is 0 Å². The first kappa shape index (κ1) is 12.2. The third kappa shape index (κ3) is 2.47. The van der Waals surface area contributed by atoms with Crippen molar-refractivity contribution >= 4 is 40.3 Å². The van der Waals surface area contributed by atoms with Gasteiger partial charge in [-0.1, -0.05) is 30.3 Å². The minimum Gasteiger partial charge on any atom is -0.282 e. The highest BCUT2D eigenvalue weighted by Gasteiger charge is 2.25. The van der Waals surface area contributed by atoms with E-state index in [2.05, 4.69) is 5.32 Å². The molecule has 2 heterocycles. The van der Waals surface area contributed by atoms with Crippen LogP contribution in [0.3, 0.4) is 0 Å². The lowest BCUT2D eigenvalue weighted by atomic mass is 10.1. The summed E-state index contributed by atoms with van der Waals surface area (Å²) in [6.45, 7) is 0. The number of hydrogen-bond donors (Lipinski definition) is 1. The summed E-state index contributed by atoms with van der Waals surface area (Å²) in [6.07, 6.45) is 1.78. The van der Waals surface area contributed by atoms with Crippen molar-refractivity contribution in [2.24, 2.45) is 0 Å². The number of thiophene rings is 1. The number of rotatable bonds is 2. The first-order chi connectivity index (χ1) is 9.24. The molecule has 5 heteroatoms. The summed E-state index contributed by atoms with van der Waals surface area (Å²) in [5.41, 5.74) is 2.18. The maximum absolute atomic E-state index is 11.5. The summed E-state index contributed by atoms with van der Waals surface area (Å²) < 4.78 is 0. The van der Waals surface area contributed by atoms with Crippen LogP contribution in [0.4, 0.5) is 4.79 Å². The van der Waals surface area contributed by atoms with Crippen LogP contribution < -0.4 is 5.32 Å². The molecule has 2 aromatic rings. The van der Waals surface area contributed by atoms with E-state index in [1.54, 1.807) is 17.4 Å². The van der Waals surface area contributed by atoms with Crippen LogP contribution >= 0.6 is 23.1 Å². The number of thioether (sulfide) groups is 1. The van der Waals surface area contributed by atoms with Crippen LogP contribution in [-0.4, -0.2) is 11.1 Å². The highest BCUT2D eigenvalue weighted by molar-refractivity contribution is 8.18. The normalized spacial score (nSPS) is 16.9. The number of carbonyl (C=O) groups excluding carboxylic acids is 2. The summed E-state index contributed by atoms with van der Waals surface area (Å²) in [6, 6.07) is 12.0. The van der Waals surface area contributed by atoms with E-state index in [1.807, 2.05) is 41.8 Å². The summed E-state index contributed by atoms with van der Waals surface area (Å²) in [4.78, 5) is 24.1. The topological polar surface area (TPSA) is 46.2 Å². The molecule has 94 valence electrons. The molecule has 0 spiro atoms. The van der Waals surface area contributed by atoms with Crippen molar-refractivity contribution in [2.75, 3.05) is 0 Å². The molecule has 0 saturated carbocycles. The van der Waals surface area contributed by atoms with E-state index < -0.39 is 0 Å². The van der Waals surface area contributed by atoms with Crippen molar-refractivity contribution in [3.8, 4) is 11.1 Å². The van der Waals surface area contributed by atoms with E-state index in [0.29, 0.717) is 4.91 Å². The third-order valence-corrected chi connectivity index (χ3v) is 4.36. The van der Waals surface area contributed by atoms with Gasteiger partial charge in [-0.2, -0.15) is 0 Å². The van der Waals surface area contributed by atoms with Crippen LogP contribution in [0.25, 0.3) is 17.2 Å². The van der Waals surface area contributed by atoms with Gasteiger partial charge in [0.05, 0.1) is 4.91 Å². The Bertz CT molecular complexity index is 674. The first-order valence-corrected chi connectivity index (χ1v) is 7.31. The van der Waals surface area contributed by atoms with Crippen LogP contribution in [-0.2, 0) is 4.79 Å². The molecule has 3 nitrogen and oxygen atoms in total. The Hall–Kier alpha value is -1.85. The maximum Gasteiger partial charge on any atom is 0.290 e. The van der Waals surface area contributed by atoms with Crippen LogP contribution in [0.15, 0.2) is 46.7 Å². The van der Waals surface area contributed by atoms with Crippen LogP contribution in [0.5, 0.6) is 0 Å². The van der Waals surface area contributed by atoms with Gasteiger partial charge in [-0.3, -0.25) is 14.9 Å². The lowest BCUT2D eigenvalue weighted by Crippen LogP contribution is -2.17. The number of imide groups is 1. The van der Waals surface area contributed by atoms with E-state index >= 15 is 0 Å². The van der Waals surface area contributed by atoms with E-state index in [1.165, 1.54) is 0 Å². The highest BCUT2D eigenvalue weighted by atomic mass is 32.2. The molecule has 1 aromatic heterocycles. The monoisotopic (exact) mass is 287 g/mol. The first-order valence-electron chi connectivity index (χ1n) is 5.62. The fraction of sp³-hybridized carbons (Fsp3) is 0. The Morgan fingerprint density at radius 1 is 1.05 bits per heavy atom. The molecule has 0 aliphatic carbocycles. The summed E-state index contributed by atoms with van der Waals surface area (Å²) in [5.74, 6) is -0.317. The van der Waals surface area contributed by atoms with Gasteiger partial charge in [0.25, 0.3) is 11.1 Å². The molecule has 1 aliphatic heterocycles. The molecular formula is C14H9NO2S2. The number of nitrogens with one attached hydrogen (secondary N) is 1. The lowest BCUT2D eigenvalue weighted by Gasteiger charge is -2.00. The van der Waals surface area contributed by atoms with Crippen molar-refractivity contribution in [2.45, 2.75) is 0 Å². The summed E-state index contributed by atoms with van der Waals surface area (Å²) in [7, 11) is 0. The molecule has 0 unspecified atom stereocenters. The van der Waals surface area contributed by atoms with Crippen molar-refractivity contribution in [3.05, 3.63) is 51.6 Å². The molecule has 1 aromatic carbocycles. The van der Waals surface area contributed by atoms with E-state index in [-0.39, 0.29) is 11.1 Å². The maximum atomic E-state index is 11.5. The average Bonchev–Trinajstić information content (AvgIpc) is 2.98. The van der Waals surface area contributed by atoms with Crippen molar-refractivity contribution in [3.63, 3.8) is 0 Å². The molecule has 2 amide bonds. The quantitative estimate of drug-likeness (QED) is 0.856. The largest absolute Gasteiger partial charge is 0.290 e. The number of amides is 2. The predicted molar refractivity (Wildman–Crippen MR) is 78.9 cm³/mol. The molecule has 1 aliphatic rings. The van der Waals surface area contributed by atoms with Gasteiger partial charge >= 0.3 is 0 Å². The Labute approximate surface area is 118 Å². The van der Waals surface area contributed by atoms with E-state index in [9.17, 15) is 9.59 Å². The number of benzene rings is 1. The molecule has 0 radical (unpaired) electrons. The van der Waals surface area contributed by atoms with Crippen LogP contribution in [0.1, 0.15) is 4.88 Å². The smallest absolute Gasteiger partial charge is 0.282 e. The van der Waals surface area contributed by atoms with Crippen LogP contribution in [0, 0.1) is 0 Å². The zero-order valence-corrected chi connectivity index (χ0v) is 11.4. The minimum atomic E-state index is -0.317. The Balaban J connectivity index is 2.00. The van der Waals surface area contributed by atoms with E-state index in [0.717, 1.165) is 27.8 Å². The molecular weight excluding hydrogens is 278 g/mol. The van der Waals surface area contributed by atoms with Gasteiger partial charge in [-0.05, 0) is 40.4 Å². The highest BCUT2D eigenvalue weighted by Crippen LogP contribution is 2.33. The second-order valence-electron chi connectivity index (χ2n) is 3.92. The summed E-state index contributed by atoms with van der Waals surface area (Å²) >= 11 is 2.50. The average molecular weight is 287 g/mol. The zero-order chi connectivity index (χ0) is 13.2. The Kier molecular flexibility index (Phi) is 3.23. The van der Waals surface area contributed by atoms with Gasteiger partial charge in [0.1, 0.15) is 0 Å². The lowest BCUT2D eigenvalue weighted by molar-refractivity contribution is -0.115. The van der Waals surface area contributed by atoms with Gasteiger partial charge in [0.15, 0.2) is 0 Å². The molecule has 0 bridgehead atoms. The predicted octanol–water partition coefficient (Wildman–Crippen LogP) is 3.74. The van der Waals surface area contributed by atoms with Gasteiger partial charge in [-0.25, -0.2) is 0 Å². The Morgan fingerprint density at radius 3 is 2.53 bits per heavy atom. The van der Waals surface area contributed by atoms with Gasteiger partial charge in [0, 0.05) is 4.88 Å². The molecule has 1 fully saturated rings. The molecule has 1 N–H and O–H groups in total. The zero-order valence-electron chi connectivity index (χ0n) is 9.75. The molecule has 19 heavy (non-hydrogen) atoms. The molecule has 0 atom stereocenters. The second-order valence-corrected chi connectivity index (χ2v) is 5.88. The summed E-state index contributed by atoms with van der Waals surface area (Å²) in [5, 5.41) is 3.93. The molecule has 1 saturated heterocycles. The van der Waals surface area contributed by atoms with Crippen LogP contribution in [0.2, 0.25) is 0 Å². The molecule has 3 rings (SSSR count). The SMILES string of the molecule is O=C1NC(=O)C(=Cc2sccc2-c2ccccc2)S1. The minimum absolute atomic E-state index is 0.311. The van der Waals surface area contributed by atoms with Crippen molar-refractivity contribution < 1.29 is 9.59 Å². The standard InChI is InChI=1S/C14H9NO2S2/c16-13-12(19-14(17)15-13)8-11-10(6-7-18-11)9-4-2-1-3-5-9/h1-8H,(H,15,16,17). The van der Waals surface area contributed by atoms with Gasteiger partial charge in [-0.15, -0.1) is 11.3 Å².